The van der Waals surface area contributed by atoms with Crippen LogP contribution in [-0.4, -0.2) is 16.9 Å². The molecule has 0 amide bonds. The zero-order valence-corrected chi connectivity index (χ0v) is 32.6. The van der Waals surface area contributed by atoms with Crippen molar-refractivity contribution >= 4 is 114 Å². The Morgan fingerprint density at radius 2 is 0.962 bits per heavy atom. The van der Waals surface area contributed by atoms with Crippen molar-refractivity contribution in [3.05, 3.63) is 194 Å². The van der Waals surface area contributed by atoms with Gasteiger partial charge in [-0.3, -0.25) is 0 Å². The van der Waals surface area contributed by atoms with Gasteiger partial charge in [0.25, 0.3) is 0 Å². The molecule has 5 heteroatoms. The highest BCUT2D eigenvalue weighted by molar-refractivity contribution is 8.00. The molecular weight excluding hydrogens is 711 g/mol. The molecule has 0 aliphatic carbocycles. The zero-order chi connectivity index (χ0) is 34.9. The predicted molar refractivity (Wildman–Crippen MR) is 234 cm³/mol. The van der Waals surface area contributed by atoms with Crippen LogP contribution < -0.4 is 41.2 Å². The molecule has 0 radical (unpaired) electrons. The molecule has 2 aliphatic rings. The molecule has 1 unspecified atom stereocenters. The molecule has 1 nitrogen and oxygen atoms in total. The quantitative estimate of drug-likeness (QED) is 0.169. The molecule has 8 aromatic carbocycles. The summed E-state index contributed by atoms with van der Waals surface area (Å²) in [5, 5.41) is 13.3. The van der Waals surface area contributed by atoms with E-state index in [1.165, 1.54) is 62.1 Å². The van der Waals surface area contributed by atoms with Crippen molar-refractivity contribution < 1.29 is 0 Å². The van der Waals surface area contributed by atoms with E-state index in [1.54, 1.807) is 15.6 Å². The first-order valence-electron chi connectivity index (χ1n) is 18.2. The average molecular weight is 744 g/mol. The molecular formula is C48H33NS2Si2. The number of para-hydroxylation sites is 1. The van der Waals surface area contributed by atoms with Gasteiger partial charge < -0.3 is 4.90 Å². The molecule has 250 valence electrons. The number of benzene rings is 8. The van der Waals surface area contributed by atoms with E-state index in [1.807, 2.05) is 23.1 Å². The fourth-order valence-corrected chi connectivity index (χ4v) is 22.6. The minimum Gasteiger partial charge on any atom is -0.310 e. The second kappa shape index (κ2) is 12.3. The Balaban J connectivity index is 1.24. The average Bonchev–Trinajstić information content (AvgIpc) is 3.60. The van der Waals surface area contributed by atoms with Crippen LogP contribution in [0.5, 0.6) is 0 Å². The first-order valence-corrected chi connectivity index (χ1v) is 23.6. The van der Waals surface area contributed by atoms with Crippen molar-refractivity contribution in [2.45, 2.75) is 9.79 Å². The SMILES string of the molecule is c1ccc(N(c2ccc3c(c2)[Si]2(c4ccccc4Sc4ccccc42)c2ccccc2[SiH]3c2ccccc2)c2ccc3sc4ccccc4c3c2)cc1. The van der Waals surface area contributed by atoms with E-state index in [-0.39, 0.29) is 0 Å². The molecule has 3 heterocycles. The third kappa shape index (κ3) is 4.68. The van der Waals surface area contributed by atoms with Gasteiger partial charge in [-0.1, -0.05) is 161 Å². The second-order valence-electron chi connectivity index (χ2n) is 14.0. The molecule has 0 saturated heterocycles. The van der Waals surface area contributed by atoms with Crippen LogP contribution >= 0.6 is 23.1 Å². The van der Waals surface area contributed by atoms with E-state index in [9.17, 15) is 0 Å². The zero-order valence-electron chi connectivity index (χ0n) is 28.8. The second-order valence-corrected chi connectivity index (χ2v) is 22.6. The molecule has 9 aromatic rings. The van der Waals surface area contributed by atoms with Gasteiger partial charge in [0.2, 0.25) is 0 Å². The molecule has 0 N–H and O–H groups in total. The monoisotopic (exact) mass is 743 g/mol. The Bertz CT molecular complexity index is 2800. The maximum Gasteiger partial charge on any atom is 0.181 e. The summed E-state index contributed by atoms with van der Waals surface area (Å²) >= 11 is 3.82. The van der Waals surface area contributed by atoms with Crippen LogP contribution in [0.25, 0.3) is 20.2 Å². The van der Waals surface area contributed by atoms with Crippen LogP contribution in [0.4, 0.5) is 17.1 Å². The largest absolute Gasteiger partial charge is 0.310 e. The number of rotatable bonds is 4. The summed E-state index contributed by atoms with van der Waals surface area (Å²) in [4.78, 5) is 5.26. The summed E-state index contributed by atoms with van der Waals surface area (Å²) in [7, 11) is -4.63. The lowest BCUT2D eigenvalue weighted by molar-refractivity contribution is 1.29. The lowest BCUT2D eigenvalue weighted by Crippen LogP contribution is -2.87. The van der Waals surface area contributed by atoms with E-state index in [0.717, 1.165) is 5.69 Å². The maximum absolute atomic E-state index is 2.79. The van der Waals surface area contributed by atoms with Crippen molar-refractivity contribution in [1.29, 1.82) is 0 Å². The van der Waals surface area contributed by atoms with Crippen LogP contribution in [0.3, 0.4) is 0 Å². The standard InChI is InChI=1S/C48H33NS2Si2/c1-3-15-33(16-4-1)49(34-27-29-40-38(31-34)37-19-7-8-20-39(37)50-40)35-28-30-44-48(32-35)53(45-24-12-9-21-41(45)51-42-22-10-13-25-46(42)53)47-26-14-11-23-43(47)52(44)36-17-5-2-6-18-36/h1-32,52H. The third-order valence-corrected chi connectivity index (χ3v) is 22.8. The number of thiophene rings is 1. The molecule has 53 heavy (non-hydrogen) atoms. The highest BCUT2D eigenvalue weighted by Crippen LogP contribution is 2.41. The topological polar surface area (TPSA) is 3.24 Å². The van der Waals surface area contributed by atoms with E-state index >= 15 is 0 Å². The summed E-state index contributed by atoms with van der Waals surface area (Å²) in [5.41, 5.74) is 3.54. The maximum atomic E-state index is 2.62. The molecule has 0 fully saturated rings. The third-order valence-electron chi connectivity index (χ3n) is 11.3. The Kier molecular flexibility index (Phi) is 7.24. The Morgan fingerprint density at radius 3 is 1.74 bits per heavy atom. The van der Waals surface area contributed by atoms with Crippen LogP contribution in [0, 0.1) is 0 Å². The van der Waals surface area contributed by atoms with E-state index in [0.29, 0.717) is 0 Å². The summed E-state index contributed by atoms with van der Waals surface area (Å²) < 4.78 is 2.65. The fraction of sp³-hybridized carbons (Fsp3) is 0. The predicted octanol–water partition coefficient (Wildman–Crippen LogP) is 7.93. The van der Waals surface area contributed by atoms with Crippen LogP contribution in [0.2, 0.25) is 0 Å². The van der Waals surface area contributed by atoms with Gasteiger partial charge in [-0.25, -0.2) is 0 Å². The van der Waals surface area contributed by atoms with Crippen LogP contribution in [-0.2, 0) is 0 Å². The number of hydrogen-bond acceptors (Lipinski definition) is 3. The minimum atomic E-state index is -2.79. The lowest BCUT2D eigenvalue weighted by Gasteiger charge is -2.46. The summed E-state index contributed by atoms with van der Waals surface area (Å²) in [6.45, 7) is 0. The minimum absolute atomic E-state index is 1.16. The van der Waals surface area contributed by atoms with Crippen molar-refractivity contribution in [2.24, 2.45) is 0 Å². The molecule has 0 saturated carbocycles. The molecule has 1 spiro atoms. The molecule has 1 atom stereocenters. The fourth-order valence-electron chi connectivity index (χ4n) is 9.12. The first-order chi connectivity index (χ1) is 26.3. The van der Waals surface area contributed by atoms with Gasteiger partial charge in [0.05, 0.1) is 0 Å². The Morgan fingerprint density at radius 1 is 0.396 bits per heavy atom. The van der Waals surface area contributed by atoms with Gasteiger partial charge >= 0.3 is 0 Å². The highest BCUT2D eigenvalue weighted by Gasteiger charge is 2.53. The summed E-state index contributed by atoms with van der Waals surface area (Å²) in [6.07, 6.45) is 0. The normalized spacial score (nSPS) is 15.1. The van der Waals surface area contributed by atoms with E-state index in [2.05, 4.69) is 199 Å². The lowest BCUT2D eigenvalue weighted by atomic mass is 10.1. The van der Waals surface area contributed by atoms with Crippen molar-refractivity contribution in [3.8, 4) is 0 Å². The van der Waals surface area contributed by atoms with Gasteiger partial charge in [-0.05, 0) is 81.4 Å². The number of hydrogen-bond donors (Lipinski definition) is 0. The van der Waals surface area contributed by atoms with Gasteiger partial charge in [0.1, 0.15) is 8.80 Å². The van der Waals surface area contributed by atoms with Gasteiger partial charge in [0.15, 0.2) is 8.07 Å². The van der Waals surface area contributed by atoms with Gasteiger partial charge in [0, 0.05) is 47.0 Å². The van der Waals surface area contributed by atoms with Gasteiger partial charge in [-0.2, -0.15) is 0 Å². The Labute approximate surface area is 320 Å². The molecule has 0 bridgehead atoms. The van der Waals surface area contributed by atoms with Crippen molar-refractivity contribution in [2.75, 3.05) is 4.90 Å². The molecule has 1 aromatic heterocycles. The number of nitrogens with zero attached hydrogens (tertiary/aromatic N) is 1. The summed E-state index contributed by atoms with van der Waals surface area (Å²) in [6, 6.07) is 73.8. The smallest absolute Gasteiger partial charge is 0.181 e. The Hall–Kier alpha value is -5.44. The van der Waals surface area contributed by atoms with Crippen LogP contribution in [0.15, 0.2) is 204 Å². The number of fused-ring (bicyclic) bond motifs is 11. The van der Waals surface area contributed by atoms with E-state index in [4.69, 9.17) is 0 Å². The summed E-state index contributed by atoms with van der Waals surface area (Å²) in [5.74, 6) is 0. The molecule has 11 rings (SSSR count). The van der Waals surface area contributed by atoms with Crippen molar-refractivity contribution in [3.63, 3.8) is 0 Å². The number of anilines is 3. The van der Waals surface area contributed by atoms with Gasteiger partial charge in [-0.15, -0.1) is 11.3 Å². The highest BCUT2D eigenvalue weighted by atomic mass is 32.2. The van der Waals surface area contributed by atoms with Crippen molar-refractivity contribution in [1.82, 2.24) is 0 Å². The van der Waals surface area contributed by atoms with Crippen LogP contribution in [0.1, 0.15) is 0 Å². The molecule has 2 aliphatic heterocycles. The first kappa shape index (κ1) is 31.1. The van der Waals surface area contributed by atoms with E-state index < -0.39 is 16.9 Å².